The Morgan fingerprint density at radius 2 is 2.35 bits per heavy atom. The van der Waals surface area contributed by atoms with Crippen LogP contribution in [0, 0.1) is 11.3 Å². The predicted octanol–water partition coefficient (Wildman–Crippen LogP) is 1.86. The predicted molar refractivity (Wildman–Crippen MR) is 85.1 cm³/mol. The third-order valence-electron chi connectivity index (χ3n) is 3.47. The molecule has 1 aromatic rings. The summed E-state index contributed by atoms with van der Waals surface area (Å²) in [7, 11) is 1.58. The van der Waals surface area contributed by atoms with E-state index in [1.54, 1.807) is 19.3 Å². The monoisotopic (exact) mass is 316 g/mol. The van der Waals surface area contributed by atoms with Gasteiger partial charge in [0, 0.05) is 12.6 Å². The maximum atomic E-state index is 12.3. The quantitative estimate of drug-likeness (QED) is 0.775. The number of nitrogens with zero attached hydrogens (tertiary/aromatic N) is 2. The zero-order chi connectivity index (χ0) is 16.7. The third-order valence-corrected chi connectivity index (χ3v) is 3.47. The van der Waals surface area contributed by atoms with Crippen LogP contribution in [0.1, 0.15) is 12.5 Å². The molecule has 2 rings (SSSR count). The van der Waals surface area contributed by atoms with Gasteiger partial charge in [0.1, 0.15) is 6.04 Å². The first-order chi connectivity index (χ1) is 11.2. The molecule has 1 saturated heterocycles. The lowest BCUT2D eigenvalue weighted by Gasteiger charge is -2.30. The van der Waals surface area contributed by atoms with Crippen LogP contribution in [0.3, 0.4) is 0 Å². The highest BCUT2D eigenvalue weighted by Gasteiger charge is 2.25. The number of hydrogen-bond donors (Lipinski definition) is 0. The van der Waals surface area contributed by atoms with Crippen molar-refractivity contribution in [1.82, 2.24) is 4.90 Å². The summed E-state index contributed by atoms with van der Waals surface area (Å²) in [6.45, 7) is 3.56. The second-order valence-corrected chi connectivity index (χ2v) is 4.93. The van der Waals surface area contributed by atoms with Crippen molar-refractivity contribution in [3.63, 3.8) is 0 Å². The Balaban J connectivity index is 2.11. The van der Waals surface area contributed by atoms with Crippen LogP contribution in [0.25, 0.3) is 6.08 Å². The van der Waals surface area contributed by atoms with Crippen molar-refractivity contribution in [3.8, 4) is 17.6 Å². The molecule has 1 aromatic carbocycles. The first-order valence-corrected chi connectivity index (χ1v) is 7.46. The van der Waals surface area contributed by atoms with Crippen molar-refractivity contribution in [1.29, 1.82) is 5.26 Å². The largest absolute Gasteiger partial charge is 0.493 e. The van der Waals surface area contributed by atoms with Crippen LogP contribution in [0.2, 0.25) is 0 Å². The highest BCUT2D eigenvalue weighted by molar-refractivity contribution is 5.92. The molecule has 0 saturated carbocycles. The number of amides is 1. The number of nitriles is 1. The molecule has 0 radical (unpaired) electrons. The summed E-state index contributed by atoms with van der Waals surface area (Å²) in [5, 5.41) is 9.07. The zero-order valence-electron chi connectivity index (χ0n) is 13.3. The Morgan fingerprint density at radius 3 is 3.04 bits per heavy atom. The van der Waals surface area contributed by atoms with Gasteiger partial charge in [-0.15, -0.1) is 0 Å². The van der Waals surface area contributed by atoms with Crippen LogP contribution < -0.4 is 9.47 Å². The van der Waals surface area contributed by atoms with Crippen LogP contribution in [-0.4, -0.2) is 50.3 Å². The second kappa shape index (κ2) is 8.20. The van der Waals surface area contributed by atoms with Crippen LogP contribution in [0.5, 0.6) is 11.5 Å². The summed E-state index contributed by atoms with van der Waals surface area (Å²) in [6, 6.07) is 7.00. The Labute approximate surface area is 135 Å². The van der Waals surface area contributed by atoms with Crippen molar-refractivity contribution < 1.29 is 19.0 Å². The Morgan fingerprint density at radius 1 is 1.52 bits per heavy atom. The SMILES string of the molecule is CCOc1cc(/C=C/C(=O)N2CCOC[C@@H]2C#N)ccc1OC. The number of morpholine rings is 1. The lowest BCUT2D eigenvalue weighted by atomic mass is 10.1. The summed E-state index contributed by atoms with van der Waals surface area (Å²) in [4.78, 5) is 13.8. The van der Waals surface area contributed by atoms with Gasteiger partial charge in [-0.1, -0.05) is 6.07 Å². The highest BCUT2D eigenvalue weighted by Crippen LogP contribution is 2.28. The van der Waals surface area contributed by atoms with Crippen LogP contribution >= 0.6 is 0 Å². The molecule has 1 amide bonds. The molecule has 1 aliphatic rings. The first kappa shape index (κ1) is 16.8. The maximum Gasteiger partial charge on any atom is 0.247 e. The standard InChI is InChI=1S/C17H20N2O4/c1-3-23-16-10-13(4-6-15(16)21-2)5-7-17(20)19-8-9-22-12-14(19)11-18/h4-7,10,14H,3,8-9,12H2,1-2H3/b7-5+/t14-/m0/s1. The molecule has 0 N–H and O–H groups in total. The highest BCUT2D eigenvalue weighted by atomic mass is 16.5. The molecule has 0 spiro atoms. The minimum atomic E-state index is -0.532. The van der Waals surface area contributed by atoms with Crippen LogP contribution in [0.15, 0.2) is 24.3 Å². The van der Waals surface area contributed by atoms with E-state index in [0.29, 0.717) is 31.3 Å². The Kier molecular flexibility index (Phi) is 6.01. The van der Waals surface area contributed by atoms with Gasteiger partial charge in [-0.25, -0.2) is 0 Å². The van der Waals surface area contributed by atoms with E-state index in [2.05, 4.69) is 6.07 Å². The number of carbonyl (C=O) groups is 1. The number of carbonyl (C=O) groups excluding carboxylic acids is 1. The zero-order valence-corrected chi connectivity index (χ0v) is 13.3. The van der Waals surface area contributed by atoms with Gasteiger partial charge < -0.3 is 19.1 Å². The van der Waals surface area contributed by atoms with Crippen molar-refractivity contribution in [2.45, 2.75) is 13.0 Å². The van der Waals surface area contributed by atoms with Crippen molar-refractivity contribution in [2.24, 2.45) is 0 Å². The molecule has 1 fully saturated rings. The number of hydrogen-bond acceptors (Lipinski definition) is 5. The van der Waals surface area contributed by atoms with E-state index in [1.807, 2.05) is 19.1 Å². The fourth-order valence-corrected chi connectivity index (χ4v) is 2.30. The molecule has 0 aliphatic carbocycles. The molecular formula is C17H20N2O4. The van der Waals surface area contributed by atoms with E-state index in [0.717, 1.165) is 5.56 Å². The van der Waals surface area contributed by atoms with E-state index >= 15 is 0 Å². The number of benzene rings is 1. The molecule has 1 atom stereocenters. The van der Waals surface area contributed by atoms with Gasteiger partial charge in [-0.2, -0.15) is 5.26 Å². The maximum absolute atomic E-state index is 12.3. The minimum absolute atomic E-state index is 0.200. The molecular weight excluding hydrogens is 296 g/mol. The molecule has 122 valence electrons. The number of ether oxygens (including phenoxy) is 3. The average Bonchev–Trinajstić information content (AvgIpc) is 2.60. The molecule has 23 heavy (non-hydrogen) atoms. The lowest BCUT2D eigenvalue weighted by Crippen LogP contribution is -2.47. The van der Waals surface area contributed by atoms with Gasteiger partial charge in [-0.05, 0) is 30.7 Å². The molecule has 0 unspecified atom stereocenters. The molecule has 1 heterocycles. The summed E-state index contributed by atoms with van der Waals surface area (Å²) in [6.07, 6.45) is 3.17. The lowest BCUT2D eigenvalue weighted by molar-refractivity contribution is -0.132. The molecule has 0 aromatic heterocycles. The van der Waals surface area contributed by atoms with Gasteiger partial charge in [0.15, 0.2) is 11.5 Å². The molecule has 0 bridgehead atoms. The number of rotatable bonds is 5. The van der Waals surface area contributed by atoms with E-state index in [4.69, 9.17) is 19.5 Å². The summed E-state index contributed by atoms with van der Waals surface area (Å²) < 4.78 is 16.0. The molecule has 6 nitrogen and oxygen atoms in total. The summed E-state index contributed by atoms with van der Waals surface area (Å²) >= 11 is 0. The van der Waals surface area contributed by atoms with Gasteiger partial charge in [0.05, 0.1) is 33.0 Å². The Hall–Kier alpha value is -2.52. The first-order valence-electron chi connectivity index (χ1n) is 7.46. The normalized spacial score (nSPS) is 17.8. The second-order valence-electron chi connectivity index (χ2n) is 4.93. The van der Waals surface area contributed by atoms with E-state index in [1.165, 1.54) is 11.0 Å². The van der Waals surface area contributed by atoms with Gasteiger partial charge >= 0.3 is 0 Å². The van der Waals surface area contributed by atoms with Gasteiger partial charge in [-0.3, -0.25) is 4.79 Å². The van der Waals surface area contributed by atoms with Crippen molar-refractivity contribution in [2.75, 3.05) is 33.5 Å². The van der Waals surface area contributed by atoms with Gasteiger partial charge in [0.2, 0.25) is 5.91 Å². The van der Waals surface area contributed by atoms with E-state index in [-0.39, 0.29) is 12.5 Å². The fourth-order valence-electron chi connectivity index (χ4n) is 2.30. The van der Waals surface area contributed by atoms with Crippen molar-refractivity contribution >= 4 is 12.0 Å². The summed E-state index contributed by atoms with van der Waals surface area (Å²) in [5.41, 5.74) is 0.823. The average molecular weight is 316 g/mol. The van der Waals surface area contributed by atoms with Crippen LogP contribution in [-0.2, 0) is 9.53 Å². The van der Waals surface area contributed by atoms with Gasteiger partial charge in [0.25, 0.3) is 0 Å². The van der Waals surface area contributed by atoms with E-state index < -0.39 is 6.04 Å². The van der Waals surface area contributed by atoms with E-state index in [9.17, 15) is 4.79 Å². The smallest absolute Gasteiger partial charge is 0.247 e. The fraction of sp³-hybridized carbons (Fsp3) is 0.412. The van der Waals surface area contributed by atoms with Crippen LogP contribution in [0.4, 0.5) is 0 Å². The topological polar surface area (TPSA) is 71.8 Å². The van der Waals surface area contributed by atoms with Crippen molar-refractivity contribution in [3.05, 3.63) is 29.8 Å². The minimum Gasteiger partial charge on any atom is -0.493 e. The summed E-state index contributed by atoms with van der Waals surface area (Å²) in [5.74, 6) is 1.08. The third kappa shape index (κ3) is 4.24. The molecule has 6 heteroatoms. The number of methoxy groups -OCH3 is 1. The molecule has 1 aliphatic heterocycles. The Bertz CT molecular complexity index is 622.